The number of ether oxygens (including phenoxy) is 1. The number of aromatic nitrogens is 2. The first kappa shape index (κ1) is 13.3. The Morgan fingerprint density at radius 2 is 2.33 bits per heavy atom. The van der Waals surface area contributed by atoms with Crippen LogP contribution in [0.4, 0.5) is 6.01 Å². The zero-order valence-electron chi connectivity index (χ0n) is 11.3. The molecule has 1 aromatic heterocycles. The predicted octanol–water partition coefficient (Wildman–Crippen LogP) is 1.36. The maximum atomic E-state index is 5.69. The molecular weight excluding hydrogens is 232 g/mol. The summed E-state index contributed by atoms with van der Waals surface area (Å²) >= 11 is 0. The van der Waals surface area contributed by atoms with Crippen molar-refractivity contribution in [2.45, 2.75) is 38.8 Å². The maximum absolute atomic E-state index is 5.69. The summed E-state index contributed by atoms with van der Waals surface area (Å²) in [6, 6.07) is 0.665. The summed E-state index contributed by atoms with van der Waals surface area (Å²) < 4.78 is 11.3. The molecule has 0 spiro atoms. The van der Waals surface area contributed by atoms with Crippen LogP contribution >= 0.6 is 0 Å². The van der Waals surface area contributed by atoms with Gasteiger partial charge in [-0.15, -0.1) is 5.10 Å². The van der Waals surface area contributed by atoms with E-state index in [2.05, 4.69) is 27.3 Å². The van der Waals surface area contributed by atoms with Crippen molar-refractivity contribution in [2.75, 3.05) is 31.6 Å². The summed E-state index contributed by atoms with van der Waals surface area (Å²) in [6.45, 7) is 6.61. The van der Waals surface area contributed by atoms with E-state index in [0.29, 0.717) is 18.0 Å². The number of rotatable bonds is 6. The third-order valence-electron chi connectivity index (χ3n) is 3.33. The molecule has 0 aromatic carbocycles. The Morgan fingerprint density at radius 1 is 1.50 bits per heavy atom. The Labute approximate surface area is 108 Å². The number of likely N-dealkylation sites (N-methyl/N-ethyl adjacent to an activating group) is 1. The van der Waals surface area contributed by atoms with E-state index >= 15 is 0 Å². The SMILES string of the molecule is CCN(CC1CCCO1)c1nnc(C(C)NC)o1. The smallest absolute Gasteiger partial charge is 0.318 e. The van der Waals surface area contributed by atoms with E-state index in [1.54, 1.807) is 0 Å². The quantitative estimate of drug-likeness (QED) is 0.827. The lowest BCUT2D eigenvalue weighted by molar-refractivity contribution is 0.115. The highest BCUT2D eigenvalue weighted by molar-refractivity contribution is 5.24. The number of hydrogen-bond donors (Lipinski definition) is 1. The predicted molar refractivity (Wildman–Crippen MR) is 68.6 cm³/mol. The molecule has 102 valence electrons. The number of anilines is 1. The normalized spacial score (nSPS) is 21.2. The van der Waals surface area contributed by atoms with Gasteiger partial charge in [0, 0.05) is 19.7 Å². The van der Waals surface area contributed by atoms with Gasteiger partial charge in [0.15, 0.2) is 0 Å². The van der Waals surface area contributed by atoms with E-state index in [0.717, 1.165) is 32.5 Å². The van der Waals surface area contributed by atoms with Crippen molar-refractivity contribution in [3.8, 4) is 0 Å². The van der Waals surface area contributed by atoms with Crippen molar-refractivity contribution < 1.29 is 9.15 Å². The molecule has 0 saturated carbocycles. The van der Waals surface area contributed by atoms with Crippen molar-refractivity contribution in [2.24, 2.45) is 0 Å². The van der Waals surface area contributed by atoms with Gasteiger partial charge in [-0.1, -0.05) is 5.10 Å². The zero-order chi connectivity index (χ0) is 13.0. The van der Waals surface area contributed by atoms with Crippen LogP contribution in [0.5, 0.6) is 0 Å². The molecule has 6 nitrogen and oxygen atoms in total. The van der Waals surface area contributed by atoms with Crippen molar-refractivity contribution in [3.63, 3.8) is 0 Å². The highest BCUT2D eigenvalue weighted by atomic mass is 16.5. The molecule has 0 radical (unpaired) electrons. The van der Waals surface area contributed by atoms with Gasteiger partial charge in [0.2, 0.25) is 5.89 Å². The van der Waals surface area contributed by atoms with Gasteiger partial charge in [-0.25, -0.2) is 0 Å². The van der Waals surface area contributed by atoms with Crippen LogP contribution in [0.3, 0.4) is 0 Å². The fraction of sp³-hybridized carbons (Fsp3) is 0.833. The molecule has 2 unspecified atom stereocenters. The topological polar surface area (TPSA) is 63.4 Å². The Balaban J connectivity index is 2.00. The van der Waals surface area contributed by atoms with Crippen LogP contribution in [0.25, 0.3) is 0 Å². The van der Waals surface area contributed by atoms with Gasteiger partial charge in [-0.05, 0) is 33.7 Å². The van der Waals surface area contributed by atoms with E-state index in [1.807, 2.05) is 14.0 Å². The molecule has 1 fully saturated rings. The lowest BCUT2D eigenvalue weighted by atomic mass is 10.2. The molecule has 1 aliphatic heterocycles. The lowest BCUT2D eigenvalue weighted by Gasteiger charge is -2.21. The van der Waals surface area contributed by atoms with E-state index in [-0.39, 0.29) is 6.04 Å². The van der Waals surface area contributed by atoms with Gasteiger partial charge < -0.3 is 19.4 Å². The molecular formula is C12H22N4O2. The summed E-state index contributed by atoms with van der Waals surface area (Å²) in [5.74, 6) is 0.623. The summed E-state index contributed by atoms with van der Waals surface area (Å²) in [4.78, 5) is 2.08. The Hall–Kier alpha value is -1.14. The molecule has 2 heterocycles. The number of nitrogens with one attached hydrogen (secondary N) is 1. The average Bonchev–Trinajstić information content (AvgIpc) is 3.05. The standard InChI is InChI=1S/C12H22N4O2/c1-4-16(8-10-6-5-7-17-10)12-15-14-11(18-12)9(2)13-3/h9-10,13H,4-8H2,1-3H3. The molecule has 1 saturated heterocycles. The summed E-state index contributed by atoms with van der Waals surface area (Å²) in [6.07, 6.45) is 2.56. The fourth-order valence-electron chi connectivity index (χ4n) is 2.03. The molecule has 1 N–H and O–H groups in total. The van der Waals surface area contributed by atoms with Gasteiger partial charge in [0.25, 0.3) is 0 Å². The minimum absolute atomic E-state index is 0.0766. The van der Waals surface area contributed by atoms with Gasteiger partial charge in [-0.2, -0.15) is 0 Å². The van der Waals surface area contributed by atoms with Crippen LogP contribution in [-0.4, -0.2) is 43.0 Å². The second-order valence-electron chi connectivity index (χ2n) is 4.61. The highest BCUT2D eigenvalue weighted by Gasteiger charge is 2.22. The van der Waals surface area contributed by atoms with Crippen molar-refractivity contribution in [1.82, 2.24) is 15.5 Å². The Morgan fingerprint density at radius 3 is 2.94 bits per heavy atom. The molecule has 0 amide bonds. The molecule has 1 aromatic rings. The first-order valence-electron chi connectivity index (χ1n) is 6.61. The van der Waals surface area contributed by atoms with Crippen LogP contribution in [-0.2, 0) is 4.74 Å². The van der Waals surface area contributed by atoms with Gasteiger partial charge >= 0.3 is 6.01 Å². The minimum atomic E-state index is 0.0766. The Kier molecular flexibility index (Phi) is 4.54. The second-order valence-corrected chi connectivity index (χ2v) is 4.61. The summed E-state index contributed by atoms with van der Waals surface area (Å²) in [5.41, 5.74) is 0. The van der Waals surface area contributed by atoms with Crippen LogP contribution in [0.1, 0.15) is 38.6 Å². The molecule has 0 bridgehead atoms. The second kappa shape index (κ2) is 6.15. The molecule has 0 aliphatic carbocycles. The summed E-state index contributed by atoms with van der Waals surface area (Å²) in [7, 11) is 1.87. The van der Waals surface area contributed by atoms with E-state index in [4.69, 9.17) is 9.15 Å². The first-order valence-corrected chi connectivity index (χ1v) is 6.61. The average molecular weight is 254 g/mol. The molecule has 18 heavy (non-hydrogen) atoms. The zero-order valence-corrected chi connectivity index (χ0v) is 11.3. The number of hydrogen-bond acceptors (Lipinski definition) is 6. The van der Waals surface area contributed by atoms with Crippen LogP contribution in [0, 0.1) is 0 Å². The number of nitrogens with zero attached hydrogens (tertiary/aromatic N) is 3. The van der Waals surface area contributed by atoms with Crippen LogP contribution < -0.4 is 10.2 Å². The third kappa shape index (κ3) is 3.00. The van der Waals surface area contributed by atoms with Crippen molar-refractivity contribution in [3.05, 3.63) is 5.89 Å². The van der Waals surface area contributed by atoms with Crippen LogP contribution in [0.2, 0.25) is 0 Å². The molecule has 6 heteroatoms. The minimum Gasteiger partial charge on any atom is -0.406 e. The maximum Gasteiger partial charge on any atom is 0.318 e. The van der Waals surface area contributed by atoms with Crippen molar-refractivity contribution in [1.29, 1.82) is 0 Å². The highest BCUT2D eigenvalue weighted by Crippen LogP contribution is 2.20. The molecule has 2 rings (SSSR count). The molecule has 1 aliphatic rings. The Bertz CT molecular complexity index is 363. The van der Waals surface area contributed by atoms with Gasteiger partial charge in [-0.3, -0.25) is 0 Å². The van der Waals surface area contributed by atoms with Crippen LogP contribution in [0.15, 0.2) is 4.42 Å². The van der Waals surface area contributed by atoms with E-state index in [1.165, 1.54) is 0 Å². The largest absolute Gasteiger partial charge is 0.406 e. The first-order chi connectivity index (χ1) is 8.74. The lowest BCUT2D eigenvalue weighted by Crippen LogP contribution is -2.32. The van der Waals surface area contributed by atoms with Gasteiger partial charge in [0.05, 0.1) is 12.1 Å². The monoisotopic (exact) mass is 254 g/mol. The van der Waals surface area contributed by atoms with E-state index in [9.17, 15) is 0 Å². The van der Waals surface area contributed by atoms with E-state index < -0.39 is 0 Å². The van der Waals surface area contributed by atoms with Crippen molar-refractivity contribution >= 4 is 6.01 Å². The summed E-state index contributed by atoms with van der Waals surface area (Å²) in [5, 5.41) is 11.3. The fourth-order valence-corrected chi connectivity index (χ4v) is 2.03. The van der Waals surface area contributed by atoms with Gasteiger partial charge in [0.1, 0.15) is 0 Å². The third-order valence-corrected chi connectivity index (χ3v) is 3.33. The molecule has 2 atom stereocenters.